The molecule has 2 aliphatic rings. The second-order valence-corrected chi connectivity index (χ2v) is 9.06. The van der Waals surface area contributed by atoms with Gasteiger partial charge in [-0.1, -0.05) is 68.5 Å². The van der Waals surface area contributed by atoms with Crippen LogP contribution in [0.5, 0.6) is 0 Å². The summed E-state index contributed by atoms with van der Waals surface area (Å²) in [4.78, 5) is 2.56. The molecule has 2 aliphatic heterocycles. The van der Waals surface area contributed by atoms with Gasteiger partial charge >= 0.3 is 0 Å². The average molecular weight is 415 g/mol. The van der Waals surface area contributed by atoms with Crippen molar-refractivity contribution in [1.82, 2.24) is 9.91 Å². The summed E-state index contributed by atoms with van der Waals surface area (Å²) in [7, 11) is 0. The van der Waals surface area contributed by atoms with Crippen LogP contribution in [0.1, 0.15) is 37.8 Å². The minimum absolute atomic E-state index is 0.294. The summed E-state index contributed by atoms with van der Waals surface area (Å²) in [5, 5.41) is 14.9. The third-order valence-corrected chi connectivity index (χ3v) is 7.00. The van der Waals surface area contributed by atoms with E-state index in [4.69, 9.17) is 0 Å². The summed E-state index contributed by atoms with van der Waals surface area (Å²) in [6.07, 6.45) is 7.46. The van der Waals surface area contributed by atoms with Crippen molar-refractivity contribution in [2.45, 2.75) is 38.5 Å². The molecule has 0 bridgehead atoms. The lowest BCUT2D eigenvalue weighted by Crippen LogP contribution is -2.53. The molecular weight excluding hydrogens is 380 g/mol. The number of allylic oxidation sites excluding steroid dienone is 1. The summed E-state index contributed by atoms with van der Waals surface area (Å²) >= 11 is 0. The lowest BCUT2D eigenvalue weighted by Gasteiger charge is -2.42. The molecule has 1 fully saturated rings. The van der Waals surface area contributed by atoms with Gasteiger partial charge in [0.25, 0.3) is 0 Å². The molecule has 2 aromatic rings. The van der Waals surface area contributed by atoms with Crippen molar-refractivity contribution in [3.05, 3.63) is 78.0 Å². The van der Waals surface area contributed by atoms with Crippen LogP contribution in [-0.2, 0) is 11.8 Å². The van der Waals surface area contributed by atoms with E-state index in [1.54, 1.807) is 0 Å². The molecule has 0 N–H and O–H groups in total. The number of fused-ring (bicyclic) bond motifs is 1. The Bertz CT molecular complexity index is 922. The Kier molecular flexibility index (Phi) is 6.75. The van der Waals surface area contributed by atoms with Crippen LogP contribution < -0.4 is 5.01 Å². The molecular formula is C27H34N4. The summed E-state index contributed by atoms with van der Waals surface area (Å²) in [6, 6.07) is 21.8. The third kappa shape index (κ3) is 4.54. The number of nitrogens with zero attached hydrogens (tertiary/aromatic N) is 4. The number of piperazine rings is 1. The van der Waals surface area contributed by atoms with Crippen LogP contribution in [-0.4, -0.2) is 42.6 Å². The van der Waals surface area contributed by atoms with Gasteiger partial charge in [0.1, 0.15) is 0 Å². The molecule has 162 valence electrons. The molecule has 2 aromatic carbocycles. The van der Waals surface area contributed by atoms with Crippen LogP contribution in [0.3, 0.4) is 0 Å². The van der Waals surface area contributed by atoms with Gasteiger partial charge in [0.2, 0.25) is 0 Å². The topological polar surface area (TPSA) is 33.5 Å². The van der Waals surface area contributed by atoms with Gasteiger partial charge in [0.05, 0.1) is 17.2 Å². The predicted molar refractivity (Wildman–Crippen MR) is 128 cm³/mol. The molecule has 0 spiro atoms. The number of nitriles is 1. The average Bonchev–Trinajstić information content (AvgIpc) is 2.82. The zero-order valence-electron chi connectivity index (χ0n) is 18.9. The molecule has 0 amide bonds. The van der Waals surface area contributed by atoms with Gasteiger partial charge in [0, 0.05) is 32.4 Å². The van der Waals surface area contributed by atoms with Gasteiger partial charge in [-0.3, -0.25) is 5.01 Å². The number of anilines is 1. The van der Waals surface area contributed by atoms with Gasteiger partial charge in [-0.2, -0.15) is 5.26 Å². The highest BCUT2D eigenvalue weighted by atomic mass is 15.6. The van der Waals surface area contributed by atoms with E-state index in [-0.39, 0.29) is 0 Å². The second kappa shape index (κ2) is 9.68. The van der Waals surface area contributed by atoms with Gasteiger partial charge in [-0.15, -0.1) is 0 Å². The quantitative estimate of drug-likeness (QED) is 0.639. The highest BCUT2D eigenvalue weighted by molar-refractivity contribution is 5.57. The van der Waals surface area contributed by atoms with E-state index >= 15 is 0 Å². The Hall–Kier alpha value is -2.61. The van der Waals surface area contributed by atoms with E-state index in [1.807, 2.05) is 6.07 Å². The summed E-state index contributed by atoms with van der Waals surface area (Å²) < 4.78 is 0. The minimum atomic E-state index is -0.397. The van der Waals surface area contributed by atoms with Gasteiger partial charge < -0.3 is 4.90 Å². The van der Waals surface area contributed by atoms with Crippen LogP contribution >= 0.6 is 0 Å². The molecule has 0 saturated carbocycles. The predicted octanol–water partition coefficient (Wildman–Crippen LogP) is 4.99. The van der Waals surface area contributed by atoms with Crippen molar-refractivity contribution in [1.29, 1.82) is 5.26 Å². The van der Waals surface area contributed by atoms with Crippen molar-refractivity contribution < 1.29 is 0 Å². The van der Waals surface area contributed by atoms with Gasteiger partial charge in [-0.25, -0.2) is 5.01 Å². The summed E-state index contributed by atoms with van der Waals surface area (Å²) in [5.74, 6) is 0.294. The smallest absolute Gasteiger partial charge is 0.0845 e. The number of hydrogen-bond donors (Lipinski definition) is 0. The first kappa shape index (κ1) is 21.6. The first-order valence-corrected chi connectivity index (χ1v) is 11.6. The molecule has 2 heterocycles. The molecule has 4 heteroatoms. The van der Waals surface area contributed by atoms with Crippen molar-refractivity contribution in [3.8, 4) is 6.07 Å². The van der Waals surface area contributed by atoms with E-state index in [0.29, 0.717) is 5.92 Å². The monoisotopic (exact) mass is 414 g/mol. The molecule has 0 aliphatic carbocycles. The minimum Gasteiger partial charge on any atom is -0.301 e. The SMILES string of the molecule is CC(C)C(C#N)(CCCN1CCN(N2C=CCc3ccccc32)CC1)c1ccccc1. The number of hydrazine groups is 1. The molecule has 1 atom stereocenters. The molecule has 0 aromatic heterocycles. The normalized spacial score (nSPS) is 19.1. The number of benzene rings is 2. The van der Waals surface area contributed by atoms with Crippen LogP contribution in [0.2, 0.25) is 0 Å². The van der Waals surface area contributed by atoms with Crippen LogP contribution in [0, 0.1) is 17.2 Å². The van der Waals surface area contributed by atoms with E-state index in [9.17, 15) is 5.26 Å². The first-order valence-electron chi connectivity index (χ1n) is 11.6. The Labute approximate surface area is 187 Å². The molecule has 4 rings (SSSR count). The molecule has 31 heavy (non-hydrogen) atoms. The van der Waals surface area contributed by atoms with Crippen molar-refractivity contribution in [2.75, 3.05) is 37.7 Å². The first-order chi connectivity index (χ1) is 15.1. The van der Waals surface area contributed by atoms with Crippen molar-refractivity contribution >= 4 is 5.69 Å². The Balaban J connectivity index is 1.32. The van der Waals surface area contributed by atoms with E-state index in [2.05, 4.69) is 95.6 Å². The molecule has 4 nitrogen and oxygen atoms in total. The maximum absolute atomic E-state index is 10.1. The third-order valence-electron chi connectivity index (χ3n) is 7.00. The molecule has 1 unspecified atom stereocenters. The fourth-order valence-electron chi connectivity index (χ4n) is 5.02. The summed E-state index contributed by atoms with van der Waals surface area (Å²) in [5.41, 5.74) is 3.48. The zero-order chi connectivity index (χ0) is 21.7. The Morgan fingerprint density at radius 1 is 0.968 bits per heavy atom. The van der Waals surface area contributed by atoms with E-state index in [1.165, 1.54) is 11.3 Å². The highest BCUT2D eigenvalue weighted by Gasteiger charge is 2.35. The van der Waals surface area contributed by atoms with E-state index < -0.39 is 5.41 Å². The lowest BCUT2D eigenvalue weighted by molar-refractivity contribution is 0.127. The number of para-hydroxylation sites is 1. The molecule has 1 saturated heterocycles. The van der Waals surface area contributed by atoms with E-state index in [0.717, 1.165) is 57.5 Å². The Morgan fingerprint density at radius 2 is 1.68 bits per heavy atom. The van der Waals surface area contributed by atoms with Crippen LogP contribution in [0.25, 0.3) is 0 Å². The van der Waals surface area contributed by atoms with Crippen molar-refractivity contribution in [2.24, 2.45) is 5.92 Å². The maximum atomic E-state index is 10.1. The fourth-order valence-corrected chi connectivity index (χ4v) is 5.02. The standard InChI is InChI=1S/C27H34N4/c1-23(2)27(22-28,25-12-4-3-5-13-25)15-9-16-29-18-20-30(21-19-29)31-17-8-11-24-10-6-7-14-26(24)31/h3-8,10,12-14,17,23H,9,11,15-16,18-21H2,1-2H3. The van der Waals surface area contributed by atoms with Crippen LogP contribution in [0.15, 0.2) is 66.9 Å². The number of rotatable bonds is 7. The Morgan fingerprint density at radius 3 is 2.39 bits per heavy atom. The molecule has 0 radical (unpaired) electrons. The maximum Gasteiger partial charge on any atom is 0.0845 e. The lowest BCUT2D eigenvalue weighted by atomic mass is 9.70. The van der Waals surface area contributed by atoms with Gasteiger partial charge in [-0.05, 0) is 48.9 Å². The highest BCUT2D eigenvalue weighted by Crippen LogP contribution is 2.36. The van der Waals surface area contributed by atoms with Crippen LogP contribution in [0.4, 0.5) is 5.69 Å². The summed E-state index contributed by atoms with van der Waals surface area (Å²) in [6.45, 7) is 9.62. The zero-order valence-corrected chi connectivity index (χ0v) is 18.9. The number of hydrogen-bond acceptors (Lipinski definition) is 4. The second-order valence-electron chi connectivity index (χ2n) is 9.06. The van der Waals surface area contributed by atoms with Gasteiger partial charge in [0.15, 0.2) is 0 Å². The fraction of sp³-hybridized carbons (Fsp3) is 0.444. The largest absolute Gasteiger partial charge is 0.301 e. The van der Waals surface area contributed by atoms with Crippen molar-refractivity contribution in [3.63, 3.8) is 0 Å².